The third-order valence-electron chi connectivity index (χ3n) is 3.93. The smallest absolute Gasteiger partial charge is 0.227 e. The molecule has 0 radical (unpaired) electrons. The van der Waals surface area contributed by atoms with Crippen LogP contribution in [0.4, 0.5) is 5.69 Å². The van der Waals surface area contributed by atoms with E-state index in [1.165, 1.54) is 0 Å². The number of aromatic nitrogens is 2. The summed E-state index contributed by atoms with van der Waals surface area (Å²) in [5.74, 6) is 0.352. The Hall–Kier alpha value is -1.85. The van der Waals surface area contributed by atoms with Crippen LogP contribution < -0.4 is 5.32 Å². The van der Waals surface area contributed by atoms with Crippen LogP contribution in [0, 0.1) is 12.8 Å². The highest BCUT2D eigenvalue weighted by atomic mass is 35.5. The van der Waals surface area contributed by atoms with E-state index in [4.69, 9.17) is 11.6 Å². The number of hydrogen-bond donors (Lipinski definition) is 2. The Kier molecular flexibility index (Phi) is 6.40. The van der Waals surface area contributed by atoms with Crippen molar-refractivity contribution in [2.45, 2.75) is 46.3 Å². The number of amides is 1. The van der Waals surface area contributed by atoms with Crippen molar-refractivity contribution in [2.75, 3.05) is 5.32 Å². The fraction of sp³-hybridized carbons (Fsp3) is 0.444. The molecule has 0 saturated carbocycles. The van der Waals surface area contributed by atoms with E-state index < -0.39 is 6.10 Å². The van der Waals surface area contributed by atoms with Crippen LogP contribution in [0.15, 0.2) is 30.5 Å². The molecule has 0 saturated heterocycles. The summed E-state index contributed by atoms with van der Waals surface area (Å²) in [6, 6.07) is 6.83. The van der Waals surface area contributed by atoms with Gasteiger partial charge in [-0.05, 0) is 37.0 Å². The molecule has 0 spiro atoms. The molecular formula is C18H24ClN3O2. The monoisotopic (exact) mass is 349 g/mol. The number of aliphatic hydroxyl groups excluding tert-OH is 1. The van der Waals surface area contributed by atoms with Crippen molar-refractivity contribution in [2.24, 2.45) is 5.92 Å². The number of carbonyl (C=O) groups excluding carboxylic acids is 1. The number of nitrogens with zero attached hydrogens (tertiary/aromatic N) is 2. The van der Waals surface area contributed by atoms with Crippen molar-refractivity contribution in [3.8, 4) is 0 Å². The normalized spacial score (nSPS) is 12.4. The van der Waals surface area contributed by atoms with Crippen molar-refractivity contribution >= 4 is 23.2 Å². The van der Waals surface area contributed by atoms with Crippen LogP contribution in [0.25, 0.3) is 0 Å². The first kappa shape index (κ1) is 18.5. The van der Waals surface area contributed by atoms with E-state index >= 15 is 0 Å². The molecule has 2 aromatic rings. The van der Waals surface area contributed by atoms with E-state index in [-0.39, 0.29) is 12.3 Å². The van der Waals surface area contributed by atoms with Crippen molar-refractivity contribution in [1.82, 2.24) is 9.78 Å². The molecule has 0 bridgehead atoms. The van der Waals surface area contributed by atoms with Crippen molar-refractivity contribution in [3.63, 3.8) is 0 Å². The maximum atomic E-state index is 12.2. The van der Waals surface area contributed by atoms with E-state index in [1.54, 1.807) is 30.5 Å². The average Bonchev–Trinajstić information content (AvgIpc) is 2.86. The van der Waals surface area contributed by atoms with Crippen LogP contribution >= 0.6 is 11.6 Å². The van der Waals surface area contributed by atoms with Crippen LogP contribution in [0.5, 0.6) is 0 Å². The lowest BCUT2D eigenvalue weighted by atomic mass is 10.1. The molecule has 2 N–H and O–H groups in total. The number of nitrogens with one attached hydrogen (secondary N) is 1. The van der Waals surface area contributed by atoms with Gasteiger partial charge >= 0.3 is 0 Å². The molecular weight excluding hydrogens is 326 g/mol. The van der Waals surface area contributed by atoms with Crippen LogP contribution in [-0.4, -0.2) is 20.8 Å². The molecule has 1 heterocycles. The molecule has 130 valence electrons. The van der Waals surface area contributed by atoms with Gasteiger partial charge in [0, 0.05) is 11.6 Å². The van der Waals surface area contributed by atoms with Gasteiger partial charge in [-0.1, -0.05) is 37.6 Å². The van der Waals surface area contributed by atoms with E-state index in [0.29, 0.717) is 22.2 Å². The number of aliphatic hydroxyl groups is 1. The first-order valence-corrected chi connectivity index (χ1v) is 8.50. The second kappa shape index (κ2) is 8.31. The van der Waals surface area contributed by atoms with Gasteiger partial charge < -0.3 is 10.4 Å². The third kappa shape index (κ3) is 5.08. The Morgan fingerprint density at radius 3 is 2.62 bits per heavy atom. The van der Waals surface area contributed by atoms with E-state index in [1.807, 2.05) is 11.6 Å². The number of carbonyl (C=O) groups is 1. The molecule has 1 aromatic heterocycles. The van der Waals surface area contributed by atoms with Crippen LogP contribution in [0.3, 0.4) is 0 Å². The van der Waals surface area contributed by atoms with Crippen molar-refractivity contribution < 1.29 is 9.90 Å². The summed E-state index contributed by atoms with van der Waals surface area (Å²) >= 11 is 5.82. The molecule has 2 rings (SSSR count). The molecule has 0 aliphatic carbocycles. The summed E-state index contributed by atoms with van der Waals surface area (Å²) < 4.78 is 1.89. The Morgan fingerprint density at radius 1 is 1.33 bits per heavy atom. The number of rotatable bonds is 7. The first-order valence-electron chi connectivity index (χ1n) is 8.12. The van der Waals surface area contributed by atoms with E-state index in [0.717, 1.165) is 18.7 Å². The Balaban J connectivity index is 1.93. The quantitative estimate of drug-likeness (QED) is 0.795. The van der Waals surface area contributed by atoms with Crippen molar-refractivity contribution in [1.29, 1.82) is 0 Å². The van der Waals surface area contributed by atoms with Gasteiger partial charge in [-0.25, -0.2) is 0 Å². The van der Waals surface area contributed by atoms with Gasteiger partial charge in [0.25, 0.3) is 0 Å². The van der Waals surface area contributed by atoms with Gasteiger partial charge in [0.2, 0.25) is 5.91 Å². The molecule has 5 nitrogen and oxygen atoms in total. The molecule has 0 aliphatic rings. The molecule has 0 fully saturated rings. The van der Waals surface area contributed by atoms with Gasteiger partial charge in [-0.15, -0.1) is 0 Å². The Labute approximate surface area is 147 Å². The van der Waals surface area contributed by atoms with Crippen LogP contribution in [-0.2, 0) is 11.3 Å². The summed E-state index contributed by atoms with van der Waals surface area (Å²) in [5.41, 5.74) is 2.27. The van der Waals surface area contributed by atoms with Crippen molar-refractivity contribution in [3.05, 3.63) is 46.7 Å². The Bertz CT molecular complexity index is 680. The van der Waals surface area contributed by atoms with E-state index in [2.05, 4.69) is 24.3 Å². The number of halogens is 1. The van der Waals surface area contributed by atoms with Gasteiger partial charge in [-0.3, -0.25) is 9.48 Å². The number of anilines is 1. The summed E-state index contributed by atoms with van der Waals surface area (Å²) in [4.78, 5) is 12.2. The third-order valence-corrected chi connectivity index (χ3v) is 4.18. The van der Waals surface area contributed by atoms with Gasteiger partial charge in [-0.2, -0.15) is 5.10 Å². The van der Waals surface area contributed by atoms with Crippen LogP contribution in [0.1, 0.15) is 44.1 Å². The number of aryl methyl sites for hydroxylation is 1. The lowest BCUT2D eigenvalue weighted by molar-refractivity contribution is -0.118. The molecule has 1 aromatic carbocycles. The molecule has 1 atom stereocenters. The second-order valence-corrected chi connectivity index (χ2v) is 6.81. The minimum absolute atomic E-state index is 0.0156. The summed E-state index contributed by atoms with van der Waals surface area (Å²) in [6.45, 7) is 7.09. The molecule has 1 amide bonds. The zero-order valence-electron chi connectivity index (χ0n) is 14.3. The average molecular weight is 350 g/mol. The fourth-order valence-electron chi connectivity index (χ4n) is 2.35. The minimum atomic E-state index is -0.862. The lowest BCUT2D eigenvalue weighted by Crippen LogP contribution is -2.16. The minimum Gasteiger partial charge on any atom is -0.388 e. The second-order valence-electron chi connectivity index (χ2n) is 6.37. The highest BCUT2D eigenvalue weighted by Gasteiger charge is 2.15. The van der Waals surface area contributed by atoms with Gasteiger partial charge in [0.15, 0.2) is 0 Å². The van der Waals surface area contributed by atoms with Gasteiger partial charge in [0.1, 0.15) is 0 Å². The predicted octanol–water partition coefficient (Wildman–Crippen LogP) is 3.95. The summed E-state index contributed by atoms with van der Waals surface area (Å²) in [7, 11) is 0. The molecule has 24 heavy (non-hydrogen) atoms. The maximum Gasteiger partial charge on any atom is 0.227 e. The zero-order valence-corrected chi connectivity index (χ0v) is 15.0. The maximum absolute atomic E-state index is 12.2. The standard InChI is InChI=1S/C18H24ClN3O2/c1-12(2)8-9-22-13(3)16(11-20-22)21-18(24)10-17(23)14-4-6-15(19)7-5-14/h4-7,11-12,17,23H,8-10H2,1-3H3,(H,21,24). The highest BCUT2D eigenvalue weighted by Crippen LogP contribution is 2.21. The largest absolute Gasteiger partial charge is 0.388 e. The van der Waals surface area contributed by atoms with Gasteiger partial charge in [0.05, 0.1) is 30.1 Å². The SMILES string of the molecule is Cc1c(NC(=O)CC(O)c2ccc(Cl)cc2)cnn1CCC(C)C. The molecule has 0 aliphatic heterocycles. The number of benzene rings is 1. The van der Waals surface area contributed by atoms with Crippen LogP contribution in [0.2, 0.25) is 5.02 Å². The first-order chi connectivity index (χ1) is 11.4. The van der Waals surface area contributed by atoms with E-state index in [9.17, 15) is 9.90 Å². The summed E-state index contributed by atoms with van der Waals surface area (Å²) in [5, 5.41) is 17.9. The topological polar surface area (TPSA) is 67.2 Å². The number of hydrogen-bond acceptors (Lipinski definition) is 3. The lowest BCUT2D eigenvalue weighted by Gasteiger charge is -2.12. The summed E-state index contributed by atoms with van der Waals surface area (Å²) in [6.07, 6.45) is 1.81. The predicted molar refractivity (Wildman–Crippen MR) is 96.1 cm³/mol. The highest BCUT2D eigenvalue weighted by molar-refractivity contribution is 6.30. The molecule has 6 heteroatoms. The fourth-order valence-corrected chi connectivity index (χ4v) is 2.48. The molecule has 1 unspecified atom stereocenters. The zero-order chi connectivity index (χ0) is 17.7. The Morgan fingerprint density at radius 2 is 2.00 bits per heavy atom.